The first-order valence-electron chi connectivity index (χ1n) is 9.05. The Balaban J connectivity index is 1.59. The van der Waals surface area contributed by atoms with E-state index in [0.29, 0.717) is 4.80 Å². The Hall–Kier alpha value is -2.86. The van der Waals surface area contributed by atoms with E-state index in [4.69, 9.17) is 4.74 Å². The molecule has 0 aliphatic carbocycles. The van der Waals surface area contributed by atoms with Crippen LogP contribution >= 0.6 is 11.3 Å². The van der Waals surface area contributed by atoms with Crippen LogP contribution in [0.5, 0.6) is 11.5 Å². The van der Waals surface area contributed by atoms with Gasteiger partial charge in [-0.15, -0.1) is 11.3 Å². The summed E-state index contributed by atoms with van der Waals surface area (Å²) in [5.41, 5.74) is 0.952. The fourth-order valence-corrected chi connectivity index (χ4v) is 3.90. The molecule has 5 nitrogen and oxygen atoms in total. The van der Waals surface area contributed by atoms with E-state index in [1.807, 2.05) is 77.2 Å². The molecule has 0 N–H and O–H groups in total. The van der Waals surface area contributed by atoms with Crippen molar-refractivity contribution in [3.63, 3.8) is 0 Å². The van der Waals surface area contributed by atoms with Gasteiger partial charge in [0.2, 0.25) is 0 Å². The summed E-state index contributed by atoms with van der Waals surface area (Å²) in [6.45, 7) is 3.63. The Morgan fingerprint density at radius 3 is 2.37 bits per heavy atom. The number of urea groups is 1. The van der Waals surface area contributed by atoms with Gasteiger partial charge < -0.3 is 9.64 Å². The summed E-state index contributed by atoms with van der Waals surface area (Å²) in [5.74, 6) is 1.57. The average molecular weight is 379 g/mol. The molecule has 0 unspecified atom stereocenters. The van der Waals surface area contributed by atoms with Crippen molar-refractivity contribution in [2.75, 3.05) is 13.1 Å². The predicted octanol–water partition coefficient (Wildman–Crippen LogP) is 4.76. The lowest BCUT2D eigenvalue weighted by atomic mass is 10.3. The summed E-state index contributed by atoms with van der Waals surface area (Å²) in [6.07, 6.45) is 4.13. The highest BCUT2D eigenvalue weighted by Gasteiger charge is 2.17. The lowest BCUT2D eigenvalue weighted by molar-refractivity contribution is 0.218. The van der Waals surface area contributed by atoms with E-state index in [9.17, 15) is 4.79 Å². The topological polar surface area (TPSA) is 46.8 Å². The van der Waals surface area contributed by atoms with Crippen LogP contribution in [0.3, 0.4) is 0 Å². The molecule has 1 saturated heterocycles. The lowest BCUT2D eigenvalue weighted by Crippen LogP contribution is -2.27. The zero-order chi connectivity index (χ0) is 18.6. The molecule has 1 aliphatic heterocycles. The van der Waals surface area contributed by atoms with Gasteiger partial charge in [-0.3, -0.25) is 4.57 Å². The normalized spacial score (nSPS) is 14.6. The van der Waals surface area contributed by atoms with E-state index in [2.05, 4.69) is 4.99 Å². The first-order valence-corrected chi connectivity index (χ1v) is 9.87. The van der Waals surface area contributed by atoms with Crippen molar-refractivity contribution in [3.05, 3.63) is 70.5 Å². The Morgan fingerprint density at radius 2 is 1.67 bits per heavy atom. The quantitative estimate of drug-likeness (QED) is 0.659. The van der Waals surface area contributed by atoms with E-state index < -0.39 is 0 Å². The number of hydrogen-bond acceptors (Lipinski definition) is 3. The van der Waals surface area contributed by atoms with Crippen molar-refractivity contribution >= 4 is 17.4 Å². The maximum atomic E-state index is 12.4. The zero-order valence-corrected chi connectivity index (χ0v) is 16.0. The number of amides is 2. The van der Waals surface area contributed by atoms with Crippen LogP contribution in [-0.2, 0) is 0 Å². The SMILES string of the molecule is Cc1cn(-c2ccc(Oc3ccccc3)cc2)/c(=N/C(=O)N2CCCC2)s1. The second-order valence-electron chi connectivity index (χ2n) is 6.49. The number of likely N-dealkylation sites (tertiary alicyclic amines) is 1. The third kappa shape index (κ3) is 4.11. The van der Waals surface area contributed by atoms with Gasteiger partial charge in [0.05, 0.1) is 0 Å². The molecule has 0 bridgehead atoms. The van der Waals surface area contributed by atoms with Gasteiger partial charge >= 0.3 is 6.03 Å². The molecule has 0 saturated carbocycles. The van der Waals surface area contributed by atoms with Crippen LogP contribution in [0.25, 0.3) is 5.69 Å². The molecule has 4 rings (SSSR count). The van der Waals surface area contributed by atoms with Crippen molar-refractivity contribution in [2.45, 2.75) is 19.8 Å². The first kappa shape index (κ1) is 17.5. The van der Waals surface area contributed by atoms with Crippen molar-refractivity contribution < 1.29 is 9.53 Å². The standard InChI is InChI=1S/C21H21N3O2S/c1-16-15-24(21(27-16)22-20(25)23-13-5-6-14-23)17-9-11-19(12-10-17)26-18-7-3-2-4-8-18/h2-4,7-12,15H,5-6,13-14H2,1H3/b22-21-. The maximum absolute atomic E-state index is 12.4. The van der Waals surface area contributed by atoms with Gasteiger partial charge in [0, 0.05) is 29.9 Å². The third-order valence-electron chi connectivity index (χ3n) is 4.43. The number of hydrogen-bond donors (Lipinski definition) is 0. The average Bonchev–Trinajstić information content (AvgIpc) is 3.33. The molecule has 1 aliphatic rings. The highest BCUT2D eigenvalue weighted by Crippen LogP contribution is 2.22. The van der Waals surface area contributed by atoms with Crippen molar-refractivity contribution in [3.8, 4) is 17.2 Å². The van der Waals surface area contributed by atoms with E-state index in [1.54, 1.807) is 0 Å². The van der Waals surface area contributed by atoms with E-state index >= 15 is 0 Å². The number of nitrogens with zero attached hydrogens (tertiary/aromatic N) is 3. The number of rotatable bonds is 3. The number of ether oxygens (including phenoxy) is 1. The summed E-state index contributed by atoms with van der Waals surface area (Å²) >= 11 is 1.52. The lowest BCUT2D eigenvalue weighted by Gasteiger charge is -2.11. The number of para-hydroxylation sites is 1. The minimum atomic E-state index is -0.146. The summed E-state index contributed by atoms with van der Waals surface area (Å²) in [4.78, 5) is 20.4. The van der Waals surface area contributed by atoms with Crippen molar-refractivity contribution in [1.29, 1.82) is 0 Å². The second kappa shape index (κ2) is 7.80. The van der Waals surface area contributed by atoms with Gasteiger partial charge in [-0.25, -0.2) is 4.79 Å². The highest BCUT2D eigenvalue weighted by atomic mass is 32.1. The number of thiazole rings is 1. The van der Waals surface area contributed by atoms with Crippen LogP contribution in [0.2, 0.25) is 0 Å². The van der Waals surface area contributed by atoms with E-state index in [-0.39, 0.29) is 6.03 Å². The predicted molar refractivity (Wildman–Crippen MR) is 107 cm³/mol. The smallest absolute Gasteiger partial charge is 0.346 e. The second-order valence-corrected chi connectivity index (χ2v) is 7.71. The third-order valence-corrected chi connectivity index (χ3v) is 5.33. The molecular formula is C21H21N3O2S. The molecule has 1 fully saturated rings. The maximum Gasteiger partial charge on any atom is 0.346 e. The van der Waals surface area contributed by atoms with E-state index in [0.717, 1.165) is 48.0 Å². The zero-order valence-electron chi connectivity index (χ0n) is 15.2. The largest absolute Gasteiger partial charge is 0.457 e. The Morgan fingerprint density at radius 1 is 1.00 bits per heavy atom. The minimum absolute atomic E-state index is 0.146. The van der Waals surface area contributed by atoms with Gasteiger partial charge in [0.1, 0.15) is 11.5 Å². The molecule has 2 amide bonds. The van der Waals surface area contributed by atoms with Crippen molar-refractivity contribution in [1.82, 2.24) is 9.47 Å². The summed E-state index contributed by atoms with van der Waals surface area (Å²) in [5, 5.41) is 0. The molecule has 1 aromatic heterocycles. The summed E-state index contributed by atoms with van der Waals surface area (Å²) in [7, 11) is 0. The van der Waals surface area contributed by atoms with Crippen molar-refractivity contribution in [2.24, 2.45) is 4.99 Å². The minimum Gasteiger partial charge on any atom is -0.457 e. The number of carbonyl (C=O) groups is 1. The molecule has 2 heterocycles. The van der Waals surface area contributed by atoms with Gasteiger partial charge in [-0.2, -0.15) is 4.99 Å². The molecule has 2 aromatic carbocycles. The molecule has 6 heteroatoms. The number of aryl methyl sites for hydroxylation is 1. The van der Waals surface area contributed by atoms with Crippen LogP contribution < -0.4 is 9.54 Å². The van der Waals surface area contributed by atoms with Crippen LogP contribution in [0.15, 0.2) is 65.8 Å². The molecule has 138 valence electrons. The molecule has 0 spiro atoms. The molecule has 0 radical (unpaired) electrons. The fraction of sp³-hybridized carbons (Fsp3) is 0.238. The molecule has 27 heavy (non-hydrogen) atoms. The van der Waals surface area contributed by atoms with Crippen LogP contribution in [0, 0.1) is 6.92 Å². The first-order chi connectivity index (χ1) is 13.2. The summed E-state index contributed by atoms with van der Waals surface area (Å²) in [6, 6.07) is 17.3. The fourth-order valence-electron chi connectivity index (χ4n) is 3.08. The summed E-state index contributed by atoms with van der Waals surface area (Å²) < 4.78 is 7.80. The monoisotopic (exact) mass is 379 g/mol. The van der Waals surface area contributed by atoms with Gasteiger partial charge in [-0.1, -0.05) is 18.2 Å². The molecule has 3 aromatic rings. The van der Waals surface area contributed by atoms with Gasteiger partial charge in [0.15, 0.2) is 4.80 Å². The Labute approximate surface area is 162 Å². The highest BCUT2D eigenvalue weighted by molar-refractivity contribution is 7.09. The Bertz CT molecular complexity index is 984. The number of aromatic nitrogens is 1. The number of benzene rings is 2. The van der Waals surface area contributed by atoms with E-state index in [1.165, 1.54) is 11.3 Å². The van der Waals surface area contributed by atoms with Gasteiger partial charge in [0.25, 0.3) is 0 Å². The number of carbonyl (C=O) groups excluding carboxylic acids is 1. The van der Waals surface area contributed by atoms with Crippen LogP contribution in [-0.4, -0.2) is 28.6 Å². The van der Waals surface area contributed by atoms with Crippen LogP contribution in [0.4, 0.5) is 4.79 Å². The van der Waals surface area contributed by atoms with Gasteiger partial charge in [-0.05, 0) is 56.2 Å². The molecule has 0 atom stereocenters. The Kier molecular flexibility index (Phi) is 5.07. The van der Waals surface area contributed by atoms with Crippen LogP contribution in [0.1, 0.15) is 17.7 Å². The molecular weight excluding hydrogens is 358 g/mol.